The molecule has 0 saturated heterocycles. The lowest BCUT2D eigenvalue weighted by Crippen LogP contribution is -2.42. The van der Waals surface area contributed by atoms with Crippen molar-refractivity contribution in [3.63, 3.8) is 0 Å². The quantitative estimate of drug-likeness (QED) is 0.492. The number of aromatic amines is 1. The first kappa shape index (κ1) is 20.6. The molecule has 2 atom stereocenters. The molecule has 1 unspecified atom stereocenters. The summed E-state index contributed by atoms with van der Waals surface area (Å²) < 4.78 is 0. The number of rotatable bonds is 6. The first-order valence-corrected chi connectivity index (χ1v) is 10.4. The minimum Gasteiger partial charge on any atom is -0.346 e. The second-order valence-corrected chi connectivity index (χ2v) is 8.03. The van der Waals surface area contributed by atoms with Crippen molar-refractivity contribution < 1.29 is 14.4 Å². The van der Waals surface area contributed by atoms with Gasteiger partial charge in [-0.15, -0.1) is 0 Å². The molecule has 0 saturated carbocycles. The number of nitrogens with zero attached hydrogens (tertiary/aromatic N) is 1. The highest BCUT2D eigenvalue weighted by Crippen LogP contribution is 2.23. The molecule has 2 aromatic carbocycles. The number of fused-ring (bicyclic) bond motifs is 2. The van der Waals surface area contributed by atoms with Gasteiger partial charge in [-0.25, -0.2) is 4.98 Å². The summed E-state index contributed by atoms with van der Waals surface area (Å²) in [6.07, 6.45) is 0.292. The second-order valence-electron chi connectivity index (χ2n) is 8.03. The monoisotopic (exact) mass is 419 g/mol. The van der Waals surface area contributed by atoms with Gasteiger partial charge in [0, 0.05) is 6.42 Å². The van der Waals surface area contributed by atoms with Crippen LogP contribution in [0.5, 0.6) is 0 Å². The van der Waals surface area contributed by atoms with Gasteiger partial charge in [0.1, 0.15) is 11.9 Å². The Labute approximate surface area is 179 Å². The van der Waals surface area contributed by atoms with Crippen LogP contribution in [0.1, 0.15) is 48.9 Å². The van der Waals surface area contributed by atoms with Gasteiger partial charge in [0.05, 0.1) is 28.3 Å². The van der Waals surface area contributed by atoms with E-state index in [1.165, 1.54) is 0 Å². The Bertz CT molecular complexity index is 1100. The number of imidazole rings is 1. The van der Waals surface area contributed by atoms with Crippen molar-refractivity contribution in [2.75, 3.05) is 5.32 Å². The number of H-pyrrole nitrogens is 1. The normalized spacial score (nSPS) is 16.9. The van der Waals surface area contributed by atoms with Crippen LogP contribution in [0.4, 0.5) is 5.69 Å². The molecule has 2 heterocycles. The molecule has 0 aliphatic carbocycles. The smallest absolute Gasteiger partial charge is 0.254 e. The number of aromatic nitrogens is 2. The average molecular weight is 419 g/mol. The minimum atomic E-state index is -0.783. The number of nitrogens with one attached hydrogen (secondary N) is 4. The van der Waals surface area contributed by atoms with Gasteiger partial charge in [-0.2, -0.15) is 0 Å². The molecule has 0 fully saturated rings. The van der Waals surface area contributed by atoms with Gasteiger partial charge in [-0.3, -0.25) is 14.4 Å². The summed E-state index contributed by atoms with van der Waals surface area (Å²) in [5.74, 6) is -0.0612. The third-order valence-corrected chi connectivity index (χ3v) is 5.40. The van der Waals surface area contributed by atoms with Crippen molar-refractivity contribution in [1.29, 1.82) is 0 Å². The van der Waals surface area contributed by atoms with Gasteiger partial charge in [0.2, 0.25) is 11.8 Å². The summed E-state index contributed by atoms with van der Waals surface area (Å²) >= 11 is 0. The highest BCUT2D eigenvalue weighted by atomic mass is 16.2. The number of hydrogen-bond donors (Lipinski definition) is 4. The molecule has 0 spiro atoms. The maximum atomic E-state index is 12.7. The van der Waals surface area contributed by atoms with E-state index in [2.05, 4.69) is 25.9 Å². The predicted octanol–water partition coefficient (Wildman–Crippen LogP) is 2.91. The van der Waals surface area contributed by atoms with E-state index in [1.54, 1.807) is 24.3 Å². The Morgan fingerprint density at radius 3 is 2.61 bits per heavy atom. The number of carbonyl (C=O) groups excluding carboxylic acids is 3. The summed E-state index contributed by atoms with van der Waals surface area (Å²) in [5.41, 5.74) is 2.64. The van der Waals surface area contributed by atoms with Gasteiger partial charge in [-0.05, 0) is 36.6 Å². The minimum absolute atomic E-state index is 0.0954. The van der Waals surface area contributed by atoms with E-state index in [0.29, 0.717) is 17.1 Å². The van der Waals surface area contributed by atoms with Crippen molar-refractivity contribution in [3.8, 4) is 0 Å². The second kappa shape index (κ2) is 8.59. The van der Waals surface area contributed by atoms with Gasteiger partial charge in [-0.1, -0.05) is 38.1 Å². The maximum Gasteiger partial charge on any atom is 0.254 e. The fraction of sp³-hybridized carbons (Fsp3) is 0.304. The van der Waals surface area contributed by atoms with Gasteiger partial charge in [0.15, 0.2) is 0 Å². The van der Waals surface area contributed by atoms with E-state index in [1.807, 2.05) is 38.1 Å². The van der Waals surface area contributed by atoms with E-state index in [9.17, 15) is 14.4 Å². The Balaban J connectivity index is 1.41. The van der Waals surface area contributed by atoms with Crippen LogP contribution < -0.4 is 16.0 Å². The summed E-state index contributed by atoms with van der Waals surface area (Å²) in [5, 5.41) is 8.49. The molecule has 1 aromatic heterocycles. The number of para-hydroxylation sites is 3. The molecule has 0 radical (unpaired) electrons. The number of anilines is 1. The van der Waals surface area contributed by atoms with Crippen LogP contribution in [0.3, 0.4) is 0 Å². The van der Waals surface area contributed by atoms with Gasteiger partial charge in [0.25, 0.3) is 5.91 Å². The van der Waals surface area contributed by atoms with Crippen molar-refractivity contribution in [2.24, 2.45) is 5.92 Å². The molecule has 160 valence electrons. The fourth-order valence-corrected chi connectivity index (χ4v) is 3.71. The Morgan fingerprint density at radius 1 is 1.10 bits per heavy atom. The lowest BCUT2D eigenvalue weighted by molar-refractivity contribution is -0.122. The van der Waals surface area contributed by atoms with E-state index in [0.717, 1.165) is 11.0 Å². The highest BCUT2D eigenvalue weighted by Gasteiger charge is 2.28. The van der Waals surface area contributed by atoms with Crippen LogP contribution in [-0.2, 0) is 9.59 Å². The van der Waals surface area contributed by atoms with E-state index in [4.69, 9.17) is 0 Å². The van der Waals surface area contributed by atoms with E-state index < -0.39 is 6.04 Å². The number of carbonyl (C=O) groups is 3. The molecule has 1 aliphatic heterocycles. The first-order chi connectivity index (χ1) is 14.9. The topological polar surface area (TPSA) is 116 Å². The first-order valence-electron chi connectivity index (χ1n) is 10.4. The zero-order valence-corrected chi connectivity index (χ0v) is 17.4. The lowest BCUT2D eigenvalue weighted by atomic mass is 10.0. The Hall–Kier alpha value is -3.68. The van der Waals surface area contributed by atoms with Crippen molar-refractivity contribution in [3.05, 3.63) is 59.9 Å². The molecular formula is C23H25N5O3. The van der Waals surface area contributed by atoms with Crippen LogP contribution >= 0.6 is 0 Å². The molecule has 1 aliphatic rings. The summed E-state index contributed by atoms with van der Waals surface area (Å²) in [6, 6.07) is 13.5. The summed E-state index contributed by atoms with van der Waals surface area (Å²) in [7, 11) is 0. The van der Waals surface area contributed by atoms with E-state index in [-0.39, 0.29) is 42.5 Å². The Kier molecular flexibility index (Phi) is 5.70. The molecular weight excluding hydrogens is 394 g/mol. The molecule has 4 N–H and O–H groups in total. The molecule has 4 rings (SSSR count). The predicted molar refractivity (Wildman–Crippen MR) is 117 cm³/mol. The number of hydrogen-bond acceptors (Lipinski definition) is 4. The van der Waals surface area contributed by atoms with Crippen LogP contribution in [0, 0.1) is 5.92 Å². The Morgan fingerprint density at radius 2 is 1.84 bits per heavy atom. The fourth-order valence-electron chi connectivity index (χ4n) is 3.71. The van der Waals surface area contributed by atoms with Crippen LogP contribution in [-0.4, -0.2) is 33.7 Å². The lowest BCUT2D eigenvalue weighted by Gasteiger charge is -2.21. The van der Waals surface area contributed by atoms with Crippen molar-refractivity contribution in [2.45, 2.75) is 38.8 Å². The molecule has 3 amide bonds. The van der Waals surface area contributed by atoms with Crippen LogP contribution in [0.25, 0.3) is 11.0 Å². The zero-order valence-electron chi connectivity index (χ0n) is 17.4. The van der Waals surface area contributed by atoms with Crippen molar-refractivity contribution >= 4 is 34.4 Å². The molecule has 0 bridgehead atoms. The molecule has 3 aromatic rings. The number of benzene rings is 2. The largest absolute Gasteiger partial charge is 0.346 e. The average Bonchev–Trinajstić information content (AvgIpc) is 3.13. The van der Waals surface area contributed by atoms with E-state index >= 15 is 0 Å². The summed E-state index contributed by atoms with van der Waals surface area (Å²) in [6.45, 7) is 4.02. The standard InChI is InChI=1S/C23H25N5O3/c1-13(2)20(21-24-16-9-5-6-10-17(16)25-21)28-19(29)12-11-18-23(31)26-15-8-4-3-7-14(15)22(30)27-18/h3-10,13,18,20H,11-12H2,1-2H3,(H,24,25)(H,26,31)(H,27,30)(H,28,29)/t18?,20-/m0/s1. The maximum absolute atomic E-state index is 12.7. The molecule has 8 nitrogen and oxygen atoms in total. The van der Waals surface area contributed by atoms with Gasteiger partial charge >= 0.3 is 0 Å². The van der Waals surface area contributed by atoms with Gasteiger partial charge < -0.3 is 20.9 Å². The molecule has 31 heavy (non-hydrogen) atoms. The SMILES string of the molecule is CC(C)[C@H](NC(=O)CCC1NC(=O)c2ccccc2NC1=O)c1nc2ccccc2[nH]1. The number of amides is 3. The third-order valence-electron chi connectivity index (χ3n) is 5.40. The highest BCUT2D eigenvalue weighted by molar-refractivity contribution is 6.09. The van der Waals surface area contributed by atoms with Crippen LogP contribution in [0.2, 0.25) is 0 Å². The molecule has 8 heteroatoms. The zero-order chi connectivity index (χ0) is 22.0. The third kappa shape index (κ3) is 4.42. The van der Waals surface area contributed by atoms with Crippen LogP contribution in [0.15, 0.2) is 48.5 Å². The van der Waals surface area contributed by atoms with Crippen molar-refractivity contribution in [1.82, 2.24) is 20.6 Å². The summed E-state index contributed by atoms with van der Waals surface area (Å²) in [4.78, 5) is 45.5.